The summed E-state index contributed by atoms with van der Waals surface area (Å²) >= 11 is 5.79. The summed E-state index contributed by atoms with van der Waals surface area (Å²) in [5, 5.41) is 3.85. The molecule has 2 rings (SSSR count). The quantitative estimate of drug-likeness (QED) is 0.787. The van der Waals surface area contributed by atoms with Crippen LogP contribution in [-0.4, -0.2) is 11.5 Å². The molecule has 0 radical (unpaired) electrons. The van der Waals surface area contributed by atoms with E-state index in [0.717, 1.165) is 18.3 Å². The molecule has 1 aromatic rings. The van der Waals surface area contributed by atoms with Gasteiger partial charge in [0.1, 0.15) is 5.82 Å². The number of anilines is 2. The van der Waals surface area contributed by atoms with Gasteiger partial charge in [-0.1, -0.05) is 37.3 Å². The number of nitrogens with zero attached hydrogens (tertiary/aromatic N) is 1. The fourth-order valence-electron chi connectivity index (χ4n) is 2.50. The van der Waals surface area contributed by atoms with Crippen molar-refractivity contribution < 1.29 is 0 Å². The third-order valence-corrected chi connectivity index (χ3v) is 3.65. The first-order valence-corrected chi connectivity index (χ1v) is 6.78. The Hall–Kier alpha value is -0.960. The second-order valence-corrected chi connectivity index (χ2v) is 5.25. The van der Waals surface area contributed by atoms with Gasteiger partial charge < -0.3 is 11.1 Å². The maximum atomic E-state index is 5.82. The molecule has 0 atom stereocenters. The van der Waals surface area contributed by atoms with Crippen LogP contribution in [0.5, 0.6) is 0 Å². The van der Waals surface area contributed by atoms with E-state index in [1.807, 2.05) is 0 Å². The molecule has 0 spiro atoms. The molecule has 1 saturated carbocycles. The van der Waals surface area contributed by atoms with E-state index < -0.39 is 0 Å². The predicted molar refractivity (Wildman–Crippen MR) is 73.3 cm³/mol. The van der Waals surface area contributed by atoms with Crippen LogP contribution in [-0.2, 0) is 0 Å². The standard InChI is InChI=1S/C13H20ClN3/c14-11-8-12(15)13(17-9-11)16-7-3-6-10-4-1-2-5-10/h8-10H,1-7,15H2,(H,16,17). The lowest BCUT2D eigenvalue weighted by molar-refractivity contribution is 0.491. The van der Waals surface area contributed by atoms with Crippen molar-refractivity contribution in [1.82, 2.24) is 4.98 Å². The minimum atomic E-state index is 0.582. The molecule has 0 unspecified atom stereocenters. The van der Waals surface area contributed by atoms with E-state index in [1.165, 1.54) is 38.5 Å². The van der Waals surface area contributed by atoms with Crippen LogP contribution in [0.4, 0.5) is 11.5 Å². The Bertz CT molecular complexity index is 362. The van der Waals surface area contributed by atoms with Gasteiger partial charge in [0.25, 0.3) is 0 Å². The highest BCUT2D eigenvalue weighted by molar-refractivity contribution is 6.30. The van der Waals surface area contributed by atoms with Gasteiger partial charge in [0.2, 0.25) is 0 Å². The first kappa shape index (κ1) is 12.5. The largest absolute Gasteiger partial charge is 0.396 e. The van der Waals surface area contributed by atoms with E-state index in [0.29, 0.717) is 10.7 Å². The number of pyridine rings is 1. The fraction of sp³-hybridized carbons (Fsp3) is 0.615. The van der Waals surface area contributed by atoms with Gasteiger partial charge in [-0.15, -0.1) is 0 Å². The molecular weight excluding hydrogens is 234 g/mol. The number of aromatic nitrogens is 1. The Kier molecular flexibility index (Phi) is 4.49. The summed E-state index contributed by atoms with van der Waals surface area (Å²) in [6, 6.07) is 1.73. The molecule has 3 N–H and O–H groups in total. The number of hydrogen-bond donors (Lipinski definition) is 2. The fourth-order valence-corrected chi connectivity index (χ4v) is 2.67. The molecule has 1 aromatic heterocycles. The molecule has 1 aliphatic carbocycles. The zero-order chi connectivity index (χ0) is 12.1. The van der Waals surface area contributed by atoms with Crippen LogP contribution < -0.4 is 11.1 Å². The number of hydrogen-bond acceptors (Lipinski definition) is 3. The van der Waals surface area contributed by atoms with Crippen molar-refractivity contribution >= 4 is 23.1 Å². The molecule has 94 valence electrons. The van der Waals surface area contributed by atoms with E-state index in [-0.39, 0.29) is 0 Å². The Morgan fingerprint density at radius 2 is 2.18 bits per heavy atom. The summed E-state index contributed by atoms with van der Waals surface area (Å²) in [6.45, 7) is 0.940. The van der Waals surface area contributed by atoms with Crippen molar-refractivity contribution in [1.29, 1.82) is 0 Å². The highest BCUT2D eigenvalue weighted by Gasteiger charge is 2.13. The zero-order valence-electron chi connectivity index (χ0n) is 10.1. The molecule has 4 heteroatoms. The Labute approximate surface area is 108 Å². The molecule has 1 fully saturated rings. The van der Waals surface area contributed by atoms with Crippen LogP contribution in [0.3, 0.4) is 0 Å². The smallest absolute Gasteiger partial charge is 0.149 e. The molecule has 1 heterocycles. The normalized spacial score (nSPS) is 16.3. The van der Waals surface area contributed by atoms with Gasteiger partial charge in [0.15, 0.2) is 0 Å². The zero-order valence-corrected chi connectivity index (χ0v) is 10.8. The third kappa shape index (κ3) is 3.77. The maximum Gasteiger partial charge on any atom is 0.149 e. The monoisotopic (exact) mass is 253 g/mol. The van der Waals surface area contributed by atoms with E-state index in [2.05, 4.69) is 10.3 Å². The van der Waals surface area contributed by atoms with Crippen molar-refractivity contribution in [3.05, 3.63) is 17.3 Å². The Morgan fingerprint density at radius 1 is 1.41 bits per heavy atom. The van der Waals surface area contributed by atoms with Gasteiger partial charge in [-0.05, 0) is 24.8 Å². The van der Waals surface area contributed by atoms with E-state index >= 15 is 0 Å². The molecule has 0 amide bonds. The number of nitrogens with one attached hydrogen (secondary N) is 1. The molecule has 0 bridgehead atoms. The average Bonchev–Trinajstić information content (AvgIpc) is 2.79. The van der Waals surface area contributed by atoms with Crippen LogP contribution in [0.2, 0.25) is 5.02 Å². The minimum Gasteiger partial charge on any atom is -0.396 e. The van der Waals surface area contributed by atoms with E-state index in [9.17, 15) is 0 Å². The van der Waals surface area contributed by atoms with Crippen LogP contribution in [0.25, 0.3) is 0 Å². The molecule has 0 saturated heterocycles. The number of nitrogen functional groups attached to an aromatic ring is 1. The predicted octanol–water partition coefficient (Wildman–Crippen LogP) is 3.70. The second kappa shape index (κ2) is 6.10. The second-order valence-electron chi connectivity index (χ2n) is 4.81. The molecule has 0 aliphatic heterocycles. The molecule has 0 aromatic carbocycles. The van der Waals surface area contributed by atoms with Gasteiger partial charge in [-0.3, -0.25) is 0 Å². The Morgan fingerprint density at radius 3 is 2.88 bits per heavy atom. The highest BCUT2D eigenvalue weighted by Crippen LogP contribution is 2.28. The third-order valence-electron chi connectivity index (χ3n) is 3.44. The van der Waals surface area contributed by atoms with Crippen LogP contribution >= 0.6 is 11.6 Å². The van der Waals surface area contributed by atoms with Gasteiger partial charge >= 0.3 is 0 Å². The summed E-state index contributed by atoms with van der Waals surface area (Å²) in [7, 11) is 0. The lowest BCUT2D eigenvalue weighted by Crippen LogP contribution is -2.07. The Balaban J connectivity index is 1.70. The van der Waals surface area contributed by atoms with Crippen LogP contribution in [0, 0.1) is 5.92 Å². The van der Waals surface area contributed by atoms with E-state index in [1.54, 1.807) is 12.3 Å². The molecular formula is C13H20ClN3. The SMILES string of the molecule is Nc1cc(Cl)cnc1NCCCC1CCCC1. The lowest BCUT2D eigenvalue weighted by Gasteiger charge is -2.10. The molecule has 17 heavy (non-hydrogen) atoms. The van der Waals surface area contributed by atoms with Gasteiger partial charge in [-0.25, -0.2) is 4.98 Å². The van der Waals surface area contributed by atoms with E-state index in [4.69, 9.17) is 17.3 Å². The first-order valence-electron chi connectivity index (χ1n) is 6.40. The summed E-state index contributed by atoms with van der Waals surface area (Å²) in [5.74, 6) is 1.70. The number of nitrogens with two attached hydrogens (primary N) is 1. The lowest BCUT2D eigenvalue weighted by atomic mass is 10.0. The first-order chi connectivity index (χ1) is 8.25. The average molecular weight is 254 g/mol. The van der Waals surface area contributed by atoms with Crippen molar-refractivity contribution in [3.8, 4) is 0 Å². The molecule has 1 aliphatic rings. The topological polar surface area (TPSA) is 50.9 Å². The minimum absolute atomic E-state index is 0.582. The summed E-state index contributed by atoms with van der Waals surface area (Å²) in [6.07, 6.45) is 9.81. The summed E-state index contributed by atoms with van der Waals surface area (Å²) in [4.78, 5) is 4.18. The van der Waals surface area contributed by atoms with Crippen LogP contribution in [0.15, 0.2) is 12.3 Å². The van der Waals surface area contributed by atoms with Crippen molar-refractivity contribution in [2.24, 2.45) is 5.92 Å². The van der Waals surface area contributed by atoms with Gasteiger partial charge in [0, 0.05) is 12.7 Å². The number of rotatable bonds is 5. The van der Waals surface area contributed by atoms with Crippen molar-refractivity contribution in [2.75, 3.05) is 17.6 Å². The number of halogens is 1. The maximum absolute atomic E-state index is 5.82. The summed E-state index contributed by atoms with van der Waals surface area (Å²) in [5.41, 5.74) is 6.44. The van der Waals surface area contributed by atoms with Crippen LogP contribution in [0.1, 0.15) is 38.5 Å². The van der Waals surface area contributed by atoms with Gasteiger partial charge in [-0.2, -0.15) is 0 Å². The molecule has 3 nitrogen and oxygen atoms in total. The van der Waals surface area contributed by atoms with Crippen molar-refractivity contribution in [2.45, 2.75) is 38.5 Å². The van der Waals surface area contributed by atoms with Gasteiger partial charge in [0.05, 0.1) is 10.7 Å². The highest BCUT2D eigenvalue weighted by atomic mass is 35.5. The summed E-state index contributed by atoms with van der Waals surface area (Å²) < 4.78 is 0. The van der Waals surface area contributed by atoms with Crippen molar-refractivity contribution in [3.63, 3.8) is 0 Å².